The number of nitrogens with zero attached hydrogens (tertiary/aromatic N) is 4. The third-order valence-corrected chi connectivity index (χ3v) is 5.49. The predicted molar refractivity (Wildman–Crippen MR) is 125 cm³/mol. The molecule has 32 heavy (non-hydrogen) atoms. The maximum atomic E-state index is 12.1. The summed E-state index contributed by atoms with van der Waals surface area (Å²) < 4.78 is 5.92. The van der Waals surface area contributed by atoms with Gasteiger partial charge in [0.15, 0.2) is 5.82 Å². The highest BCUT2D eigenvalue weighted by Crippen LogP contribution is 2.27. The fraction of sp³-hybridized carbons (Fsp3) is 0.304. The summed E-state index contributed by atoms with van der Waals surface area (Å²) in [5, 5.41) is 3.89. The normalized spacial score (nSPS) is 13.4. The summed E-state index contributed by atoms with van der Waals surface area (Å²) in [6.07, 6.45) is 2.18. The summed E-state index contributed by atoms with van der Waals surface area (Å²) in [6.45, 7) is 3.43. The molecule has 3 aromatic rings. The molecule has 2 aromatic carbocycles. The van der Waals surface area contributed by atoms with Crippen molar-refractivity contribution in [1.29, 1.82) is 0 Å². The van der Waals surface area contributed by atoms with E-state index in [4.69, 9.17) is 22.1 Å². The second-order valence-electron chi connectivity index (χ2n) is 7.64. The molecule has 0 saturated carbocycles. The molecule has 1 aliphatic heterocycles. The first-order valence-electron chi connectivity index (χ1n) is 10.5. The Kier molecular flexibility index (Phi) is 6.70. The highest BCUT2D eigenvalue weighted by atomic mass is 35.5. The van der Waals surface area contributed by atoms with Gasteiger partial charge in [0.25, 0.3) is 0 Å². The van der Waals surface area contributed by atoms with Crippen molar-refractivity contribution in [3.8, 4) is 5.75 Å². The van der Waals surface area contributed by atoms with E-state index in [1.807, 2.05) is 49.4 Å². The summed E-state index contributed by atoms with van der Waals surface area (Å²) in [7, 11) is 0. The van der Waals surface area contributed by atoms with Gasteiger partial charge in [-0.25, -0.2) is 0 Å². The third kappa shape index (κ3) is 5.45. The minimum atomic E-state index is 0.117. The molecule has 9 heteroatoms. The summed E-state index contributed by atoms with van der Waals surface area (Å²) in [4.78, 5) is 26.6. The van der Waals surface area contributed by atoms with Gasteiger partial charge in [0.1, 0.15) is 12.4 Å². The molecular formula is C23H25ClN6O2. The molecule has 0 unspecified atom stereocenters. The van der Waals surface area contributed by atoms with Gasteiger partial charge in [0.05, 0.1) is 0 Å². The molecule has 4 rings (SSSR count). The number of amides is 1. The van der Waals surface area contributed by atoms with E-state index in [-0.39, 0.29) is 18.5 Å². The molecule has 166 valence electrons. The third-order valence-electron chi connectivity index (χ3n) is 5.12. The maximum absolute atomic E-state index is 12.1. The molecule has 0 radical (unpaired) electrons. The Morgan fingerprint density at radius 3 is 2.81 bits per heavy atom. The van der Waals surface area contributed by atoms with E-state index in [1.54, 1.807) is 4.90 Å². The van der Waals surface area contributed by atoms with Crippen LogP contribution in [0.5, 0.6) is 5.75 Å². The van der Waals surface area contributed by atoms with Crippen LogP contribution in [0.4, 0.5) is 17.6 Å². The van der Waals surface area contributed by atoms with Gasteiger partial charge in [-0.3, -0.25) is 4.79 Å². The van der Waals surface area contributed by atoms with Crippen LogP contribution in [-0.2, 0) is 17.8 Å². The minimum Gasteiger partial charge on any atom is -0.486 e. The largest absolute Gasteiger partial charge is 0.486 e. The standard InChI is InChI=1S/C23H25ClN6O2/c1-15-11-17(30-10-4-7-21(30)31)13-18(12-15)32-14-20-27-22(25)29-23(28-20)26-9-8-16-5-2-3-6-19(16)24/h2-3,5-6,11-13H,4,7-10,14H2,1H3,(H3,25,26,27,28,29). The molecule has 0 spiro atoms. The second kappa shape index (κ2) is 9.82. The lowest BCUT2D eigenvalue weighted by Gasteiger charge is -2.18. The van der Waals surface area contributed by atoms with Crippen LogP contribution < -0.4 is 20.7 Å². The number of ether oxygens (including phenoxy) is 1. The van der Waals surface area contributed by atoms with E-state index in [2.05, 4.69) is 20.3 Å². The van der Waals surface area contributed by atoms with Gasteiger partial charge in [0, 0.05) is 36.3 Å². The molecule has 1 saturated heterocycles. The van der Waals surface area contributed by atoms with Crippen LogP contribution in [0.15, 0.2) is 42.5 Å². The predicted octanol–water partition coefficient (Wildman–Crippen LogP) is 3.78. The number of nitrogen functional groups attached to an aromatic ring is 1. The zero-order valence-corrected chi connectivity index (χ0v) is 18.6. The van der Waals surface area contributed by atoms with Crippen molar-refractivity contribution in [3.05, 3.63) is 64.4 Å². The number of hydrogen-bond donors (Lipinski definition) is 2. The average molecular weight is 453 g/mol. The lowest BCUT2D eigenvalue weighted by atomic mass is 10.1. The van der Waals surface area contributed by atoms with Gasteiger partial charge in [-0.2, -0.15) is 15.0 Å². The van der Waals surface area contributed by atoms with E-state index >= 15 is 0 Å². The molecule has 0 bridgehead atoms. The van der Waals surface area contributed by atoms with E-state index in [0.29, 0.717) is 30.5 Å². The summed E-state index contributed by atoms with van der Waals surface area (Å²) in [6, 6.07) is 13.5. The number of nitrogens with one attached hydrogen (secondary N) is 1. The maximum Gasteiger partial charge on any atom is 0.227 e. The number of nitrogens with two attached hydrogens (primary N) is 1. The van der Waals surface area contributed by atoms with Crippen molar-refractivity contribution in [2.24, 2.45) is 0 Å². The highest BCUT2D eigenvalue weighted by molar-refractivity contribution is 6.31. The molecular weight excluding hydrogens is 428 g/mol. The number of anilines is 3. The van der Waals surface area contributed by atoms with Gasteiger partial charge in [-0.1, -0.05) is 29.8 Å². The number of halogens is 1. The Balaban J connectivity index is 1.39. The van der Waals surface area contributed by atoms with Crippen LogP contribution in [0.25, 0.3) is 0 Å². The zero-order chi connectivity index (χ0) is 22.5. The van der Waals surface area contributed by atoms with Crippen LogP contribution >= 0.6 is 11.6 Å². The summed E-state index contributed by atoms with van der Waals surface area (Å²) in [5.41, 5.74) is 8.75. The van der Waals surface area contributed by atoms with Crippen LogP contribution in [0.3, 0.4) is 0 Å². The molecule has 0 aliphatic carbocycles. The SMILES string of the molecule is Cc1cc(OCc2nc(N)nc(NCCc3ccccc3Cl)n2)cc(N2CCCC2=O)c1. The number of carbonyl (C=O) groups is 1. The highest BCUT2D eigenvalue weighted by Gasteiger charge is 2.22. The molecule has 1 amide bonds. The van der Waals surface area contributed by atoms with Crippen molar-refractivity contribution < 1.29 is 9.53 Å². The van der Waals surface area contributed by atoms with E-state index in [0.717, 1.165) is 41.2 Å². The lowest BCUT2D eigenvalue weighted by molar-refractivity contribution is -0.117. The van der Waals surface area contributed by atoms with E-state index in [9.17, 15) is 4.79 Å². The molecule has 8 nitrogen and oxygen atoms in total. The number of benzene rings is 2. The first-order chi connectivity index (χ1) is 15.5. The van der Waals surface area contributed by atoms with Crippen LogP contribution in [0, 0.1) is 6.92 Å². The van der Waals surface area contributed by atoms with Crippen LogP contribution in [0.1, 0.15) is 29.8 Å². The molecule has 1 aliphatic rings. The molecule has 1 aromatic heterocycles. The van der Waals surface area contributed by atoms with Gasteiger partial charge < -0.3 is 20.7 Å². The van der Waals surface area contributed by atoms with E-state index in [1.165, 1.54) is 0 Å². The Morgan fingerprint density at radius 2 is 2.03 bits per heavy atom. The first-order valence-corrected chi connectivity index (χ1v) is 10.9. The monoisotopic (exact) mass is 452 g/mol. The Hall–Kier alpha value is -3.39. The topological polar surface area (TPSA) is 106 Å². The number of aromatic nitrogens is 3. The summed E-state index contributed by atoms with van der Waals surface area (Å²) >= 11 is 6.20. The Labute approximate surface area is 191 Å². The molecule has 0 atom stereocenters. The molecule has 3 N–H and O–H groups in total. The Bertz CT molecular complexity index is 1120. The number of aryl methyl sites for hydroxylation is 1. The average Bonchev–Trinajstić information content (AvgIpc) is 3.19. The first kappa shape index (κ1) is 21.8. The molecule has 2 heterocycles. The fourth-order valence-corrected chi connectivity index (χ4v) is 3.86. The number of hydrogen-bond acceptors (Lipinski definition) is 7. The quantitative estimate of drug-likeness (QED) is 0.535. The van der Waals surface area contributed by atoms with Gasteiger partial charge in [-0.05, 0) is 49.1 Å². The molecule has 1 fully saturated rings. The van der Waals surface area contributed by atoms with Crippen LogP contribution in [0.2, 0.25) is 5.02 Å². The van der Waals surface area contributed by atoms with Crippen molar-refractivity contribution in [2.75, 3.05) is 29.0 Å². The van der Waals surface area contributed by atoms with Crippen molar-refractivity contribution in [2.45, 2.75) is 32.8 Å². The summed E-state index contributed by atoms with van der Waals surface area (Å²) in [5.74, 6) is 1.70. The van der Waals surface area contributed by atoms with Gasteiger partial charge in [0.2, 0.25) is 17.8 Å². The Morgan fingerprint density at radius 1 is 1.19 bits per heavy atom. The zero-order valence-electron chi connectivity index (χ0n) is 17.8. The second-order valence-corrected chi connectivity index (χ2v) is 8.05. The van der Waals surface area contributed by atoms with Crippen LogP contribution in [-0.4, -0.2) is 33.9 Å². The van der Waals surface area contributed by atoms with Gasteiger partial charge >= 0.3 is 0 Å². The van der Waals surface area contributed by atoms with Crippen molar-refractivity contribution in [3.63, 3.8) is 0 Å². The van der Waals surface area contributed by atoms with Crippen molar-refractivity contribution in [1.82, 2.24) is 15.0 Å². The van der Waals surface area contributed by atoms with E-state index < -0.39 is 0 Å². The lowest BCUT2D eigenvalue weighted by Crippen LogP contribution is -2.23. The van der Waals surface area contributed by atoms with Crippen molar-refractivity contribution >= 4 is 35.1 Å². The van der Waals surface area contributed by atoms with Gasteiger partial charge in [-0.15, -0.1) is 0 Å². The fourth-order valence-electron chi connectivity index (χ4n) is 3.63. The number of carbonyl (C=O) groups excluding carboxylic acids is 1. The number of rotatable bonds is 8. The smallest absolute Gasteiger partial charge is 0.227 e. The minimum absolute atomic E-state index is 0.117.